The van der Waals surface area contributed by atoms with E-state index in [9.17, 15) is 18.9 Å². The molecule has 4 nitrogen and oxygen atoms in total. The Labute approximate surface area is 87.0 Å². The van der Waals surface area contributed by atoms with Crippen molar-refractivity contribution < 1.29 is 13.7 Å². The molecule has 0 fully saturated rings. The van der Waals surface area contributed by atoms with Crippen LogP contribution in [0.15, 0.2) is 0 Å². The van der Waals surface area contributed by atoms with Gasteiger partial charge in [-0.25, -0.2) is 8.78 Å². The van der Waals surface area contributed by atoms with Crippen LogP contribution in [0.5, 0.6) is 0 Å². The topological polar surface area (TPSA) is 66.9 Å². The maximum Gasteiger partial charge on any atom is 0.251 e. The van der Waals surface area contributed by atoms with E-state index in [-0.39, 0.29) is 0 Å². The molecule has 0 aliphatic carbocycles. The Kier molecular flexibility index (Phi) is 4.14. The molecule has 1 atom stereocenters. The van der Waals surface area contributed by atoms with Crippen molar-refractivity contribution in [3.63, 3.8) is 0 Å². The van der Waals surface area contributed by atoms with E-state index in [0.717, 1.165) is 0 Å². The van der Waals surface area contributed by atoms with Crippen molar-refractivity contribution in [1.29, 1.82) is 5.26 Å². The van der Waals surface area contributed by atoms with E-state index >= 15 is 0 Å². The number of nitro groups is 1. The first-order chi connectivity index (χ1) is 6.67. The van der Waals surface area contributed by atoms with Gasteiger partial charge in [0, 0.05) is 4.92 Å². The zero-order valence-corrected chi connectivity index (χ0v) is 8.96. The van der Waals surface area contributed by atoms with E-state index in [4.69, 9.17) is 5.26 Å². The summed E-state index contributed by atoms with van der Waals surface area (Å²) < 4.78 is 25.9. The number of nitriles is 1. The lowest BCUT2D eigenvalue weighted by molar-refractivity contribution is -0.507. The molecule has 0 aromatic carbocycles. The third kappa shape index (κ3) is 2.85. The van der Waals surface area contributed by atoms with Crippen molar-refractivity contribution in [2.45, 2.75) is 33.6 Å². The lowest BCUT2D eigenvalue weighted by Crippen LogP contribution is -2.47. The zero-order chi connectivity index (χ0) is 12.3. The van der Waals surface area contributed by atoms with E-state index in [1.807, 2.05) is 0 Å². The Hall–Kier alpha value is -1.25. The molecule has 0 aromatic heterocycles. The fraction of sp³-hybridized carbons (Fsp3) is 0.889. The van der Waals surface area contributed by atoms with Crippen LogP contribution in [-0.4, -0.2) is 17.9 Å². The number of rotatable bonds is 4. The highest BCUT2D eigenvalue weighted by atomic mass is 19.3. The Bertz CT molecular complexity index is 281. The molecule has 0 aromatic rings. The highest BCUT2D eigenvalue weighted by Crippen LogP contribution is 2.46. The summed E-state index contributed by atoms with van der Waals surface area (Å²) in [5.74, 6) is 0. The van der Waals surface area contributed by atoms with Gasteiger partial charge in [0.1, 0.15) is 5.41 Å². The van der Waals surface area contributed by atoms with E-state index in [0.29, 0.717) is 0 Å². The fourth-order valence-electron chi connectivity index (χ4n) is 1.40. The van der Waals surface area contributed by atoms with Gasteiger partial charge < -0.3 is 0 Å². The molecule has 86 valence electrons. The van der Waals surface area contributed by atoms with Gasteiger partial charge in [-0.05, 0) is 5.41 Å². The first-order valence-electron chi connectivity index (χ1n) is 4.44. The van der Waals surface area contributed by atoms with Gasteiger partial charge in [0.15, 0.2) is 0 Å². The van der Waals surface area contributed by atoms with Gasteiger partial charge in [0.05, 0.1) is 12.5 Å². The number of hydrogen-bond acceptors (Lipinski definition) is 3. The van der Waals surface area contributed by atoms with E-state index in [2.05, 4.69) is 0 Å². The van der Waals surface area contributed by atoms with E-state index in [1.165, 1.54) is 20.8 Å². The monoisotopic (exact) mass is 220 g/mol. The molecule has 0 radical (unpaired) electrons. The van der Waals surface area contributed by atoms with Crippen molar-refractivity contribution in [3.05, 3.63) is 10.1 Å². The summed E-state index contributed by atoms with van der Waals surface area (Å²) in [4.78, 5) is 9.62. The van der Waals surface area contributed by atoms with Crippen LogP contribution < -0.4 is 0 Å². The summed E-state index contributed by atoms with van der Waals surface area (Å²) in [6, 6.07) is 1.62. The Morgan fingerprint density at radius 2 is 1.93 bits per heavy atom. The average molecular weight is 220 g/mol. The smallest absolute Gasteiger partial charge is 0.251 e. The van der Waals surface area contributed by atoms with Crippen LogP contribution in [0.25, 0.3) is 0 Å². The normalized spacial score (nSPS) is 15.8. The molecular formula is C9H14F2N2O2. The lowest BCUT2D eigenvalue weighted by atomic mass is 9.65. The van der Waals surface area contributed by atoms with Gasteiger partial charge in [-0.2, -0.15) is 5.26 Å². The summed E-state index contributed by atoms with van der Waals surface area (Å²) in [6.45, 7) is 3.57. The van der Waals surface area contributed by atoms with E-state index in [1.54, 1.807) is 6.07 Å². The predicted molar refractivity (Wildman–Crippen MR) is 50.0 cm³/mol. The van der Waals surface area contributed by atoms with Crippen molar-refractivity contribution in [2.24, 2.45) is 10.8 Å². The number of halogens is 2. The molecule has 0 bridgehead atoms. The summed E-state index contributed by atoms with van der Waals surface area (Å²) in [5, 5.41) is 18.9. The third-order valence-electron chi connectivity index (χ3n) is 2.72. The van der Waals surface area contributed by atoms with Crippen LogP contribution in [0.3, 0.4) is 0 Å². The van der Waals surface area contributed by atoms with Gasteiger partial charge in [-0.1, -0.05) is 20.8 Å². The largest absolute Gasteiger partial charge is 0.265 e. The van der Waals surface area contributed by atoms with Gasteiger partial charge in [0.2, 0.25) is 6.54 Å². The minimum atomic E-state index is -2.89. The molecule has 6 heteroatoms. The van der Waals surface area contributed by atoms with Crippen molar-refractivity contribution >= 4 is 0 Å². The van der Waals surface area contributed by atoms with Gasteiger partial charge in [0.25, 0.3) is 6.43 Å². The summed E-state index contributed by atoms with van der Waals surface area (Å²) in [7, 11) is 0. The SMILES string of the molecule is CC(C)(C)C(CC#N)(C[N+](=O)[O-])C(F)F. The number of alkyl halides is 2. The first kappa shape index (κ1) is 13.8. The molecule has 0 saturated carbocycles. The predicted octanol–water partition coefficient (Wildman–Crippen LogP) is 2.47. The van der Waals surface area contributed by atoms with Crippen molar-refractivity contribution in [2.75, 3.05) is 6.54 Å². The molecule has 0 amide bonds. The molecule has 1 unspecified atom stereocenters. The van der Waals surface area contributed by atoms with Crippen LogP contribution >= 0.6 is 0 Å². The van der Waals surface area contributed by atoms with Crippen molar-refractivity contribution in [1.82, 2.24) is 0 Å². The lowest BCUT2D eigenvalue weighted by Gasteiger charge is -2.39. The summed E-state index contributed by atoms with van der Waals surface area (Å²) in [5.41, 5.74) is -2.88. The van der Waals surface area contributed by atoms with Crippen LogP contribution in [0.1, 0.15) is 27.2 Å². The summed E-state index contributed by atoms with van der Waals surface area (Å²) in [6.07, 6.45) is -3.41. The highest BCUT2D eigenvalue weighted by Gasteiger charge is 2.53. The maximum absolute atomic E-state index is 12.9. The molecule has 0 spiro atoms. The molecule has 0 heterocycles. The van der Waals surface area contributed by atoms with Gasteiger partial charge >= 0.3 is 0 Å². The standard InChI is InChI=1S/C9H14F2N2O2/c1-8(2,3)9(4-5-12,7(10)11)6-13(14)15/h7H,4,6H2,1-3H3. The van der Waals surface area contributed by atoms with Gasteiger partial charge in [-0.3, -0.25) is 10.1 Å². The minimum Gasteiger partial charge on any atom is -0.265 e. The molecule has 0 saturated heterocycles. The Balaban J connectivity index is 5.29. The second-order valence-corrected chi connectivity index (χ2v) is 4.53. The fourth-order valence-corrected chi connectivity index (χ4v) is 1.40. The molecule has 0 aliphatic rings. The molecular weight excluding hydrogens is 206 g/mol. The summed E-state index contributed by atoms with van der Waals surface area (Å²) >= 11 is 0. The number of hydrogen-bond donors (Lipinski definition) is 0. The molecule has 0 aliphatic heterocycles. The first-order valence-corrected chi connectivity index (χ1v) is 4.44. The number of nitrogens with zero attached hydrogens (tertiary/aromatic N) is 2. The van der Waals surface area contributed by atoms with Crippen LogP contribution in [0.2, 0.25) is 0 Å². The quantitative estimate of drug-likeness (QED) is 0.540. The highest BCUT2D eigenvalue weighted by molar-refractivity contribution is 4.98. The second kappa shape index (κ2) is 4.51. The third-order valence-corrected chi connectivity index (χ3v) is 2.72. The Morgan fingerprint density at radius 3 is 2.13 bits per heavy atom. The minimum absolute atomic E-state index is 0.519. The maximum atomic E-state index is 12.9. The molecule has 0 N–H and O–H groups in total. The average Bonchev–Trinajstić information content (AvgIpc) is 1.99. The zero-order valence-electron chi connectivity index (χ0n) is 8.96. The van der Waals surface area contributed by atoms with Crippen LogP contribution in [0.4, 0.5) is 8.78 Å². The second-order valence-electron chi connectivity index (χ2n) is 4.53. The van der Waals surface area contributed by atoms with E-state index < -0.39 is 35.1 Å². The van der Waals surface area contributed by atoms with Crippen LogP contribution in [-0.2, 0) is 0 Å². The Morgan fingerprint density at radius 1 is 1.47 bits per heavy atom. The van der Waals surface area contributed by atoms with Crippen molar-refractivity contribution in [3.8, 4) is 6.07 Å². The molecule has 15 heavy (non-hydrogen) atoms. The van der Waals surface area contributed by atoms with Crippen LogP contribution in [0, 0.1) is 32.3 Å². The molecule has 0 rings (SSSR count). The van der Waals surface area contributed by atoms with Gasteiger partial charge in [-0.15, -0.1) is 0 Å².